The van der Waals surface area contributed by atoms with E-state index < -0.39 is 6.61 Å². The minimum absolute atomic E-state index is 0.0630. The van der Waals surface area contributed by atoms with E-state index in [1.165, 1.54) is 30.3 Å². The first-order valence-corrected chi connectivity index (χ1v) is 7.60. The van der Waals surface area contributed by atoms with Gasteiger partial charge in [0.2, 0.25) is 0 Å². The van der Waals surface area contributed by atoms with Gasteiger partial charge in [0.1, 0.15) is 11.6 Å². The molecule has 1 aliphatic rings. The summed E-state index contributed by atoms with van der Waals surface area (Å²) in [6, 6.07) is 10.00. The molecule has 2 aromatic carbocycles. The van der Waals surface area contributed by atoms with E-state index in [1.807, 2.05) is 6.92 Å². The van der Waals surface area contributed by atoms with Crippen molar-refractivity contribution in [2.24, 2.45) is 0 Å². The third-order valence-corrected chi connectivity index (χ3v) is 4.21. The van der Waals surface area contributed by atoms with Gasteiger partial charge in [0.15, 0.2) is 0 Å². The third kappa shape index (κ3) is 3.22. The van der Waals surface area contributed by atoms with E-state index >= 15 is 0 Å². The summed E-state index contributed by atoms with van der Waals surface area (Å²) in [6.07, 6.45) is 0.624. The second-order valence-corrected chi connectivity index (χ2v) is 5.67. The Kier molecular flexibility index (Phi) is 4.46. The van der Waals surface area contributed by atoms with Crippen LogP contribution < -0.4 is 4.74 Å². The largest absolute Gasteiger partial charge is 0.435 e. The Morgan fingerprint density at radius 3 is 2.79 bits per heavy atom. The predicted octanol–water partition coefficient (Wildman–Crippen LogP) is 4.19. The van der Waals surface area contributed by atoms with Crippen LogP contribution in [0.5, 0.6) is 5.75 Å². The molecule has 0 saturated carbocycles. The van der Waals surface area contributed by atoms with Crippen LogP contribution in [0.25, 0.3) is 0 Å². The number of fused-ring (bicyclic) bond motifs is 1. The fraction of sp³-hybridized carbons (Fsp3) is 0.278. The molecule has 3 rings (SSSR count). The maximum atomic E-state index is 13.5. The van der Waals surface area contributed by atoms with Crippen molar-refractivity contribution in [3.05, 3.63) is 65.0 Å². The summed E-state index contributed by atoms with van der Waals surface area (Å²) in [6.45, 7) is -0.632. The lowest BCUT2D eigenvalue weighted by Crippen LogP contribution is -2.38. The average Bonchev–Trinajstić information content (AvgIpc) is 2.55. The molecule has 3 nitrogen and oxygen atoms in total. The second kappa shape index (κ2) is 6.55. The summed E-state index contributed by atoms with van der Waals surface area (Å²) in [5.74, 6) is -0.702. The molecule has 1 atom stereocenters. The molecule has 0 radical (unpaired) electrons. The van der Waals surface area contributed by atoms with E-state index in [1.54, 1.807) is 17.0 Å². The molecule has 0 spiro atoms. The number of nitrogens with zero attached hydrogens (tertiary/aromatic N) is 1. The zero-order valence-electron chi connectivity index (χ0n) is 13.0. The highest BCUT2D eigenvalue weighted by molar-refractivity contribution is 5.95. The Morgan fingerprint density at radius 1 is 1.25 bits per heavy atom. The molecule has 0 N–H and O–H groups in total. The van der Waals surface area contributed by atoms with Gasteiger partial charge in [-0.3, -0.25) is 4.79 Å². The monoisotopic (exact) mass is 335 g/mol. The molecule has 1 heterocycles. The predicted molar refractivity (Wildman–Crippen MR) is 82.6 cm³/mol. The van der Waals surface area contributed by atoms with Gasteiger partial charge in [0, 0.05) is 12.1 Å². The Bertz CT molecular complexity index is 764. The van der Waals surface area contributed by atoms with Crippen molar-refractivity contribution >= 4 is 5.91 Å². The summed E-state index contributed by atoms with van der Waals surface area (Å²) in [4.78, 5) is 14.3. The first kappa shape index (κ1) is 16.4. The van der Waals surface area contributed by atoms with Crippen LogP contribution in [0.15, 0.2) is 42.5 Å². The Labute approximate surface area is 137 Å². The van der Waals surface area contributed by atoms with E-state index in [4.69, 9.17) is 0 Å². The molecule has 1 amide bonds. The van der Waals surface area contributed by atoms with Gasteiger partial charge in [-0.25, -0.2) is 4.39 Å². The lowest BCUT2D eigenvalue weighted by atomic mass is 9.93. The van der Waals surface area contributed by atoms with Crippen molar-refractivity contribution in [3.63, 3.8) is 0 Å². The molecular weight excluding hydrogens is 319 g/mol. The van der Waals surface area contributed by atoms with Crippen LogP contribution in [-0.4, -0.2) is 24.0 Å². The number of carbonyl (C=O) groups excluding carboxylic acids is 1. The van der Waals surface area contributed by atoms with Crippen molar-refractivity contribution in [2.75, 3.05) is 6.54 Å². The normalized spacial score (nSPS) is 16.9. The summed E-state index contributed by atoms with van der Waals surface area (Å²) in [5, 5.41) is 0. The van der Waals surface area contributed by atoms with Gasteiger partial charge in [-0.15, -0.1) is 0 Å². The first-order chi connectivity index (χ1) is 11.5. The number of halogens is 3. The van der Waals surface area contributed by atoms with Gasteiger partial charge in [0.05, 0.1) is 6.04 Å². The molecule has 24 heavy (non-hydrogen) atoms. The van der Waals surface area contributed by atoms with Crippen LogP contribution in [0.3, 0.4) is 0 Å². The summed E-state index contributed by atoms with van der Waals surface area (Å²) in [7, 11) is 0. The number of amides is 1. The van der Waals surface area contributed by atoms with Crippen LogP contribution in [0.1, 0.15) is 34.5 Å². The van der Waals surface area contributed by atoms with Crippen molar-refractivity contribution in [3.8, 4) is 5.75 Å². The highest BCUT2D eigenvalue weighted by atomic mass is 19.3. The van der Waals surface area contributed by atoms with Gasteiger partial charge < -0.3 is 9.64 Å². The molecule has 0 aliphatic carbocycles. The maximum Gasteiger partial charge on any atom is 0.387 e. The van der Waals surface area contributed by atoms with E-state index in [9.17, 15) is 18.0 Å². The second-order valence-electron chi connectivity index (χ2n) is 5.67. The fourth-order valence-electron chi connectivity index (χ4n) is 3.03. The van der Waals surface area contributed by atoms with Crippen LogP contribution >= 0.6 is 0 Å². The summed E-state index contributed by atoms with van der Waals surface area (Å²) in [5.41, 5.74) is 2.05. The molecule has 126 valence electrons. The van der Waals surface area contributed by atoms with Gasteiger partial charge in [-0.2, -0.15) is 8.78 Å². The van der Waals surface area contributed by atoms with Crippen LogP contribution in [0, 0.1) is 5.82 Å². The van der Waals surface area contributed by atoms with E-state index in [-0.39, 0.29) is 29.1 Å². The number of rotatable bonds is 3. The zero-order valence-corrected chi connectivity index (χ0v) is 13.0. The molecule has 0 aromatic heterocycles. The van der Waals surface area contributed by atoms with E-state index in [2.05, 4.69) is 4.74 Å². The van der Waals surface area contributed by atoms with Crippen molar-refractivity contribution in [1.29, 1.82) is 0 Å². The van der Waals surface area contributed by atoms with Crippen LogP contribution in [0.2, 0.25) is 0 Å². The molecule has 0 fully saturated rings. The molecule has 0 saturated heterocycles. The van der Waals surface area contributed by atoms with Crippen molar-refractivity contribution in [2.45, 2.75) is 26.0 Å². The fourth-order valence-corrected chi connectivity index (χ4v) is 3.03. The highest BCUT2D eigenvalue weighted by Crippen LogP contribution is 2.31. The third-order valence-electron chi connectivity index (χ3n) is 4.21. The topological polar surface area (TPSA) is 29.5 Å². The molecule has 2 aromatic rings. The Balaban J connectivity index is 1.86. The highest BCUT2D eigenvalue weighted by Gasteiger charge is 2.28. The smallest absolute Gasteiger partial charge is 0.387 e. The van der Waals surface area contributed by atoms with Crippen LogP contribution in [-0.2, 0) is 6.42 Å². The molecule has 6 heteroatoms. The number of hydrogen-bond acceptors (Lipinski definition) is 2. The summed E-state index contributed by atoms with van der Waals surface area (Å²) < 4.78 is 42.5. The Morgan fingerprint density at radius 2 is 2.04 bits per heavy atom. The average molecular weight is 335 g/mol. The van der Waals surface area contributed by atoms with Crippen molar-refractivity contribution < 1.29 is 22.7 Å². The van der Waals surface area contributed by atoms with E-state index in [0.29, 0.717) is 13.0 Å². The number of carbonyl (C=O) groups is 1. The lowest BCUT2D eigenvalue weighted by Gasteiger charge is -2.35. The molecule has 0 bridgehead atoms. The van der Waals surface area contributed by atoms with Gasteiger partial charge in [-0.1, -0.05) is 12.1 Å². The first-order valence-electron chi connectivity index (χ1n) is 7.60. The van der Waals surface area contributed by atoms with Crippen LogP contribution in [0.4, 0.5) is 13.2 Å². The van der Waals surface area contributed by atoms with Gasteiger partial charge in [-0.05, 0) is 54.8 Å². The lowest BCUT2D eigenvalue weighted by molar-refractivity contribution is -0.0499. The van der Waals surface area contributed by atoms with Crippen molar-refractivity contribution in [1.82, 2.24) is 4.90 Å². The quantitative estimate of drug-likeness (QED) is 0.842. The number of alkyl halides is 2. The minimum atomic E-state index is -2.95. The molecule has 1 unspecified atom stereocenters. The van der Waals surface area contributed by atoms with E-state index in [0.717, 1.165) is 11.1 Å². The van der Waals surface area contributed by atoms with Gasteiger partial charge >= 0.3 is 6.61 Å². The minimum Gasteiger partial charge on any atom is -0.435 e. The molecular formula is C18H16F3NO2. The SMILES string of the molecule is CC1c2cc(F)ccc2CCN1C(=O)c1cccc(OC(F)F)c1. The molecule has 1 aliphatic heterocycles. The maximum absolute atomic E-state index is 13.5. The summed E-state index contributed by atoms with van der Waals surface area (Å²) >= 11 is 0. The standard InChI is InChI=1S/C18H16F3NO2/c1-11-16-10-14(19)6-5-12(16)7-8-22(11)17(23)13-3-2-4-15(9-13)24-18(20)21/h2-6,9-11,18H,7-8H2,1H3. The zero-order chi connectivity index (χ0) is 17.3. The number of benzene rings is 2. The number of hydrogen-bond donors (Lipinski definition) is 0. The Hall–Kier alpha value is -2.50. The number of ether oxygens (including phenoxy) is 1. The van der Waals surface area contributed by atoms with Gasteiger partial charge in [0.25, 0.3) is 5.91 Å².